The molecule has 25 heavy (non-hydrogen) atoms. The monoisotopic (exact) mass is 360 g/mol. The van der Waals surface area contributed by atoms with Gasteiger partial charge < -0.3 is 19.9 Å². The van der Waals surface area contributed by atoms with Crippen LogP contribution in [0.3, 0.4) is 0 Å². The molecule has 2 amide bonds. The van der Waals surface area contributed by atoms with Crippen molar-refractivity contribution in [2.45, 2.75) is 20.4 Å². The summed E-state index contributed by atoms with van der Waals surface area (Å²) in [6.07, 6.45) is 0. The van der Waals surface area contributed by atoms with E-state index in [1.807, 2.05) is 36.9 Å². The van der Waals surface area contributed by atoms with Gasteiger partial charge in [0.25, 0.3) is 0 Å². The fraction of sp³-hybridized carbons (Fsp3) is 0.444. The molecule has 1 N–H and O–H groups in total. The number of carbonyl (C=O) groups excluding carboxylic acids is 1. The number of piperazine rings is 1. The largest absolute Gasteiger partial charge is 0.496 e. The number of aryl methyl sites for hydroxylation is 2. The van der Waals surface area contributed by atoms with Gasteiger partial charge in [-0.2, -0.15) is 0 Å². The van der Waals surface area contributed by atoms with Crippen molar-refractivity contribution in [3.63, 3.8) is 0 Å². The second kappa shape index (κ2) is 7.74. The highest BCUT2D eigenvalue weighted by atomic mass is 32.1. The molecule has 0 spiro atoms. The number of nitrogens with zero attached hydrogens (tertiary/aromatic N) is 3. The van der Waals surface area contributed by atoms with E-state index in [2.05, 4.69) is 20.6 Å². The maximum atomic E-state index is 12.4. The Morgan fingerprint density at radius 2 is 2.04 bits per heavy atom. The zero-order chi connectivity index (χ0) is 17.8. The van der Waals surface area contributed by atoms with Gasteiger partial charge in [0.15, 0.2) is 5.13 Å². The third-order valence-electron chi connectivity index (χ3n) is 4.35. The van der Waals surface area contributed by atoms with Crippen LogP contribution in [0.15, 0.2) is 23.6 Å². The molecular formula is C18H24N4O2S. The fourth-order valence-corrected chi connectivity index (χ4v) is 3.78. The van der Waals surface area contributed by atoms with Gasteiger partial charge in [0, 0.05) is 38.1 Å². The molecule has 1 saturated heterocycles. The van der Waals surface area contributed by atoms with E-state index in [1.165, 1.54) is 0 Å². The first-order valence-electron chi connectivity index (χ1n) is 8.40. The molecule has 1 fully saturated rings. The lowest BCUT2D eigenvalue weighted by molar-refractivity contribution is 0.194. The van der Waals surface area contributed by atoms with E-state index >= 15 is 0 Å². The van der Waals surface area contributed by atoms with Crippen LogP contribution in [-0.4, -0.2) is 49.2 Å². The number of benzene rings is 1. The SMILES string of the molecule is COc1ccc(CNC(=O)N2CCN(c3nc(C)cs3)CC2)cc1C. The molecule has 2 heterocycles. The molecule has 1 aromatic heterocycles. The first-order valence-corrected chi connectivity index (χ1v) is 9.28. The van der Waals surface area contributed by atoms with Gasteiger partial charge >= 0.3 is 6.03 Å². The van der Waals surface area contributed by atoms with Gasteiger partial charge in [0.1, 0.15) is 5.75 Å². The minimum absolute atomic E-state index is 0.0107. The third-order valence-corrected chi connectivity index (χ3v) is 5.37. The summed E-state index contributed by atoms with van der Waals surface area (Å²) in [7, 11) is 1.66. The summed E-state index contributed by atoms with van der Waals surface area (Å²) < 4.78 is 5.26. The smallest absolute Gasteiger partial charge is 0.317 e. The zero-order valence-electron chi connectivity index (χ0n) is 14.9. The van der Waals surface area contributed by atoms with Crippen LogP contribution in [0.5, 0.6) is 5.75 Å². The number of ether oxygens (including phenoxy) is 1. The number of anilines is 1. The molecule has 0 radical (unpaired) electrons. The van der Waals surface area contributed by atoms with Crippen molar-refractivity contribution in [3.05, 3.63) is 40.4 Å². The number of amides is 2. The Morgan fingerprint density at radius 1 is 1.28 bits per heavy atom. The highest BCUT2D eigenvalue weighted by molar-refractivity contribution is 7.13. The Balaban J connectivity index is 1.49. The zero-order valence-corrected chi connectivity index (χ0v) is 15.7. The first kappa shape index (κ1) is 17.5. The number of hydrogen-bond donors (Lipinski definition) is 1. The predicted molar refractivity (Wildman–Crippen MR) is 101 cm³/mol. The van der Waals surface area contributed by atoms with Crippen molar-refractivity contribution in [2.75, 3.05) is 38.2 Å². The highest BCUT2D eigenvalue weighted by Crippen LogP contribution is 2.21. The van der Waals surface area contributed by atoms with Gasteiger partial charge in [0.05, 0.1) is 12.8 Å². The van der Waals surface area contributed by atoms with Gasteiger partial charge in [-0.3, -0.25) is 0 Å². The quantitative estimate of drug-likeness (QED) is 0.911. The van der Waals surface area contributed by atoms with Crippen molar-refractivity contribution >= 4 is 22.5 Å². The molecule has 6 nitrogen and oxygen atoms in total. The second-order valence-corrected chi connectivity index (χ2v) is 7.04. The summed E-state index contributed by atoms with van der Waals surface area (Å²) in [6, 6.07) is 5.95. The average Bonchev–Trinajstić information content (AvgIpc) is 3.06. The molecule has 1 aliphatic heterocycles. The van der Waals surface area contributed by atoms with Gasteiger partial charge in [-0.1, -0.05) is 12.1 Å². The predicted octanol–water partition coefficient (Wildman–Crippen LogP) is 2.80. The molecule has 2 aromatic rings. The molecule has 0 bridgehead atoms. The van der Waals surface area contributed by atoms with E-state index in [4.69, 9.17) is 4.74 Å². The summed E-state index contributed by atoms with van der Waals surface area (Å²) >= 11 is 1.66. The van der Waals surface area contributed by atoms with Crippen LogP contribution in [-0.2, 0) is 6.54 Å². The number of urea groups is 1. The molecule has 1 aromatic carbocycles. The Labute approximate surface area is 152 Å². The fourth-order valence-electron chi connectivity index (χ4n) is 2.93. The second-order valence-electron chi connectivity index (χ2n) is 6.21. The molecule has 134 valence electrons. The summed E-state index contributed by atoms with van der Waals surface area (Å²) in [6.45, 7) is 7.60. The normalized spacial score (nSPS) is 14.5. The lowest BCUT2D eigenvalue weighted by atomic mass is 10.1. The van der Waals surface area contributed by atoms with Gasteiger partial charge in [-0.15, -0.1) is 11.3 Å². The average molecular weight is 360 g/mol. The minimum atomic E-state index is -0.0107. The van der Waals surface area contributed by atoms with E-state index in [0.717, 1.165) is 40.8 Å². The summed E-state index contributed by atoms with van der Waals surface area (Å²) in [5, 5.41) is 6.11. The molecular weight excluding hydrogens is 336 g/mol. The highest BCUT2D eigenvalue weighted by Gasteiger charge is 2.22. The number of hydrogen-bond acceptors (Lipinski definition) is 5. The maximum absolute atomic E-state index is 12.4. The van der Waals surface area contributed by atoms with E-state index in [1.54, 1.807) is 18.4 Å². The van der Waals surface area contributed by atoms with Crippen molar-refractivity contribution < 1.29 is 9.53 Å². The Hall–Kier alpha value is -2.28. The van der Waals surface area contributed by atoms with Gasteiger partial charge in [-0.05, 0) is 31.0 Å². The lowest BCUT2D eigenvalue weighted by Crippen LogP contribution is -2.51. The van der Waals surface area contributed by atoms with E-state index in [9.17, 15) is 4.79 Å². The van der Waals surface area contributed by atoms with Crippen molar-refractivity contribution in [1.29, 1.82) is 0 Å². The van der Waals surface area contributed by atoms with Crippen LogP contribution in [0.25, 0.3) is 0 Å². The molecule has 0 aliphatic carbocycles. The number of carbonyl (C=O) groups is 1. The lowest BCUT2D eigenvalue weighted by Gasteiger charge is -2.34. The number of nitrogens with one attached hydrogen (secondary N) is 1. The summed E-state index contributed by atoms with van der Waals surface area (Å²) in [5.74, 6) is 0.864. The maximum Gasteiger partial charge on any atom is 0.317 e. The van der Waals surface area contributed by atoms with Gasteiger partial charge in [-0.25, -0.2) is 9.78 Å². The number of thiazole rings is 1. The van der Waals surface area contributed by atoms with Crippen LogP contribution >= 0.6 is 11.3 Å². The van der Waals surface area contributed by atoms with Crippen molar-refractivity contribution in [3.8, 4) is 5.75 Å². The summed E-state index contributed by atoms with van der Waals surface area (Å²) in [4.78, 5) is 21.0. The van der Waals surface area contributed by atoms with E-state index in [-0.39, 0.29) is 6.03 Å². The Bertz CT molecular complexity index is 738. The number of rotatable bonds is 4. The van der Waals surface area contributed by atoms with E-state index < -0.39 is 0 Å². The van der Waals surface area contributed by atoms with E-state index in [0.29, 0.717) is 19.6 Å². The molecule has 0 unspecified atom stereocenters. The molecule has 0 saturated carbocycles. The summed E-state index contributed by atoms with van der Waals surface area (Å²) in [5.41, 5.74) is 3.19. The molecule has 3 rings (SSSR count). The van der Waals surface area contributed by atoms with Crippen LogP contribution in [0.2, 0.25) is 0 Å². The van der Waals surface area contributed by atoms with Crippen molar-refractivity contribution in [2.24, 2.45) is 0 Å². The van der Waals surface area contributed by atoms with Crippen molar-refractivity contribution in [1.82, 2.24) is 15.2 Å². The number of aromatic nitrogens is 1. The van der Waals surface area contributed by atoms with Crippen LogP contribution in [0.4, 0.5) is 9.93 Å². The Morgan fingerprint density at radius 3 is 2.64 bits per heavy atom. The van der Waals surface area contributed by atoms with Gasteiger partial charge in [0.2, 0.25) is 0 Å². The van der Waals surface area contributed by atoms with Crippen LogP contribution in [0.1, 0.15) is 16.8 Å². The molecule has 1 aliphatic rings. The third kappa shape index (κ3) is 4.22. The molecule has 0 atom stereocenters. The first-order chi connectivity index (χ1) is 12.1. The topological polar surface area (TPSA) is 57.7 Å². The number of methoxy groups -OCH3 is 1. The molecule has 7 heteroatoms. The van der Waals surface area contributed by atoms with Crippen LogP contribution in [0, 0.1) is 13.8 Å². The van der Waals surface area contributed by atoms with Crippen LogP contribution < -0.4 is 15.0 Å². The standard InChI is InChI=1S/C18H24N4O2S/c1-13-10-15(4-5-16(13)24-3)11-19-17(23)21-6-8-22(9-7-21)18-20-14(2)12-25-18/h4-5,10,12H,6-9,11H2,1-3H3,(H,19,23). The minimum Gasteiger partial charge on any atom is -0.496 e. The Kier molecular flexibility index (Phi) is 5.43.